The number of furan rings is 1. The molecule has 0 radical (unpaired) electrons. The van der Waals surface area contributed by atoms with Gasteiger partial charge in [0.1, 0.15) is 4.92 Å². The van der Waals surface area contributed by atoms with Crippen molar-refractivity contribution >= 4 is 54.7 Å². The van der Waals surface area contributed by atoms with Gasteiger partial charge in [-0.3, -0.25) is 14.9 Å². The van der Waals surface area contributed by atoms with E-state index in [0.29, 0.717) is 18.6 Å². The van der Waals surface area contributed by atoms with Crippen LogP contribution >= 0.6 is 11.3 Å². The van der Waals surface area contributed by atoms with Crippen LogP contribution in [0.2, 0.25) is 0 Å². The van der Waals surface area contributed by atoms with E-state index in [-0.39, 0.29) is 21.4 Å². The average Bonchev–Trinajstić information content (AvgIpc) is 3.65. The molecular formula is C24H21N5O6S2. The number of carbonyl (C=O) groups is 1. The Balaban J connectivity index is 1.49. The molecule has 0 atom stereocenters. The number of sulfonamides is 1. The molecule has 13 heteroatoms. The Labute approximate surface area is 215 Å². The number of hydrogen-bond acceptors (Lipinski definition) is 9. The van der Waals surface area contributed by atoms with Crippen molar-refractivity contribution in [3.05, 3.63) is 81.6 Å². The molecule has 0 unspecified atom stereocenters. The quantitative estimate of drug-likeness (QED) is 0.190. The van der Waals surface area contributed by atoms with E-state index < -0.39 is 26.7 Å². The van der Waals surface area contributed by atoms with Gasteiger partial charge in [0.25, 0.3) is 5.91 Å². The number of fused-ring (bicyclic) bond motifs is 1. The SMILES string of the molecule is Cc1ccc2nc(N(/N=C/c3ccc([N+](=O)[O-])o3)C(=O)c3ccc(S(=O)(=O)N4CCCC4)cc3)sc2c1. The number of aromatic nitrogens is 1. The second-order valence-electron chi connectivity index (χ2n) is 8.40. The third kappa shape index (κ3) is 5.01. The van der Waals surface area contributed by atoms with Gasteiger partial charge < -0.3 is 4.42 Å². The van der Waals surface area contributed by atoms with E-state index in [1.807, 2.05) is 25.1 Å². The highest BCUT2D eigenvalue weighted by atomic mass is 32.2. The Morgan fingerprint density at radius 2 is 1.89 bits per heavy atom. The number of nitrogens with zero attached hydrogens (tertiary/aromatic N) is 5. The minimum atomic E-state index is -3.62. The van der Waals surface area contributed by atoms with Crippen LogP contribution < -0.4 is 5.01 Å². The highest BCUT2D eigenvalue weighted by Crippen LogP contribution is 2.31. The molecule has 1 saturated heterocycles. The molecule has 1 aliphatic heterocycles. The number of anilines is 1. The second kappa shape index (κ2) is 9.84. The van der Waals surface area contributed by atoms with Crippen molar-refractivity contribution in [2.24, 2.45) is 5.10 Å². The summed E-state index contributed by atoms with van der Waals surface area (Å²) < 4.78 is 33.1. The van der Waals surface area contributed by atoms with Gasteiger partial charge in [-0.1, -0.05) is 17.4 Å². The lowest BCUT2D eigenvalue weighted by molar-refractivity contribution is -0.402. The first-order valence-corrected chi connectivity index (χ1v) is 13.6. The van der Waals surface area contributed by atoms with Crippen LogP contribution in [0, 0.1) is 17.0 Å². The zero-order valence-electron chi connectivity index (χ0n) is 19.6. The molecule has 37 heavy (non-hydrogen) atoms. The van der Waals surface area contributed by atoms with Crippen molar-refractivity contribution in [1.82, 2.24) is 9.29 Å². The summed E-state index contributed by atoms with van der Waals surface area (Å²) in [6, 6.07) is 13.9. The molecule has 1 amide bonds. The van der Waals surface area contributed by atoms with E-state index in [0.717, 1.165) is 28.1 Å². The Bertz CT molecular complexity index is 1620. The van der Waals surface area contributed by atoms with Crippen LogP contribution in [-0.4, -0.2) is 47.8 Å². The van der Waals surface area contributed by atoms with Gasteiger partial charge >= 0.3 is 5.88 Å². The predicted octanol–water partition coefficient (Wildman–Crippen LogP) is 4.57. The lowest BCUT2D eigenvalue weighted by atomic mass is 10.2. The van der Waals surface area contributed by atoms with Gasteiger partial charge in [-0.15, -0.1) is 0 Å². The molecule has 1 aliphatic rings. The molecule has 190 valence electrons. The number of hydrogen-bond donors (Lipinski definition) is 0. The zero-order chi connectivity index (χ0) is 26.2. The summed E-state index contributed by atoms with van der Waals surface area (Å²) in [6.45, 7) is 2.91. The first-order valence-electron chi connectivity index (χ1n) is 11.3. The van der Waals surface area contributed by atoms with Gasteiger partial charge in [-0.25, -0.2) is 13.4 Å². The molecule has 0 bridgehead atoms. The Morgan fingerprint density at radius 1 is 1.16 bits per heavy atom. The number of nitro groups is 1. The van der Waals surface area contributed by atoms with Gasteiger partial charge in [-0.05, 0) is 67.8 Å². The van der Waals surface area contributed by atoms with Crippen molar-refractivity contribution in [2.75, 3.05) is 18.1 Å². The zero-order valence-corrected chi connectivity index (χ0v) is 21.2. The standard InChI is InChI=1S/C24H21N5O6S2/c1-16-4-10-20-21(14-16)36-24(26-20)28(25-15-18-7-11-22(35-18)29(31)32)23(30)17-5-8-19(9-6-17)37(33,34)27-12-2-3-13-27/h4-11,14-15H,2-3,12-13H2,1H3/b25-15+. The summed E-state index contributed by atoms with van der Waals surface area (Å²) in [7, 11) is -3.62. The van der Waals surface area contributed by atoms with E-state index in [1.165, 1.54) is 58.3 Å². The van der Waals surface area contributed by atoms with Crippen molar-refractivity contribution in [1.29, 1.82) is 0 Å². The van der Waals surface area contributed by atoms with E-state index in [2.05, 4.69) is 10.1 Å². The molecule has 0 saturated carbocycles. The maximum atomic E-state index is 13.5. The van der Waals surface area contributed by atoms with E-state index >= 15 is 0 Å². The highest BCUT2D eigenvalue weighted by Gasteiger charge is 2.28. The molecule has 4 aromatic rings. The van der Waals surface area contributed by atoms with Gasteiger partial charge in [0.15, 0.2) is 5.76 Å². The van der Waals surface area contributed by atoms with Gasteiger partial charge in [0, 0.05) is 18.7 Å². The van der Waals surface area contributed by atoms with Gasteiger partial charge in [0.05, 0.1) is 27.4 Å². The molecule has 3 heterocycles. The Morgan fingerprint density at radius 3 is 2.57 bits per heavy atom. The monoisotopic (exact) mass is 539 g/mol. The predicted molar refractivity (Wildman–Crippen MR) is 139 cm³/mol. The van der Waals surface area contributed by atoms with Crippen LogP contribution in [0.4, 0.5) is 11.0 Å². The average molecular weight is 540 g/mol. The van der Waals surface area contributed by atoms with Crippen molar-refractivity contribution in [2.45, 2.75) is 24.7 Å². The van der Waals surface area contributed by atoms with Gasteiger partial charge in [0.2, 0.25) is 15.2 Å². The third-order valence-corrected chi connectivity index (χ3v) is 8.71. The molecule has 5 rings (SSSR count). The topological polar surface area (TPSA) is 139 Å². The maximum absolute atomic E-state index is 13.5. The fraction of sp³-hybridized carbons (Fsp3) is 0.208. The second-order valence-corrected chi connectivity index (χ2v) is 11.3. The molecule has 0 N–H and O–H groups in total. The van der Waals surface area contributed by atoms with E-state index in [1.54, 1.807) is 0 Å². The summed E-state index contributed by atoms with van der Waals surface area (Å²) in [5.41, 5.74) is 1.90. The molecule has 0 spiro atoms. The van der Waals surface area contributed by atoms with Crippen molar-refractivity contribution in [3.63, 3.8) is 0 Å². The molecule has 2 aromatic heterocycles. The number of amides is 1. The minimum absolute atomic E-state index is 0.0773. The first kappa shape index (κ1) is 24.7. The summed E-state index contributed by atoms with van der Waals surface area (Å²) >= 11 is 1.25. The maximum Gasteiger partial charge on any atom is 0.433 e. The fourth-order valence-corrected chi connectivity index (χ4v) is 6.43. The van der Waals surface area contributed by atoms with E-state index in [4.69, 9.17) is 4.42 Å². The van der Waals surface area contributed by atoms with Gasteiger partial charge in [-0.2, -0.15) is 14.4 Å². The molecule has 1 fully saturated rings. The molecule has 0 aliphatic carbocycles. The number of rotatable bonds is 7. The molecule has 2 aromatic carbocycles. The van der Waals surface area contributed by atoms with Crippen LogP contribution in [-0.2, 0) is 10.0 Å². The van der Waals surface area contributed by atoms with Crippen LogP contribution in [0.1, 0.15) is 34.5 Å². The lowest BCUT2D eigenvalue weighted by Crippen LogP contribution is -2.28. The number of aryl methyl sites for hydroxylation is 1. The Kier molecular flexibility index (Phi) is 6.58. The van der Waals surface area contributed by atoms with Crippen LogP contribution in [0.3, 0.4) is 0 Å². The van der Waals surface area contributed by atoms with Crippen LogP contribution in [0.5, 0.6) is 0 Å². The lowest BCUT2D eigenvalue weighted by Gasteiger charge is -2.16. The van der Waals surface area contributed by atoms with Crippen molar-refractivity contribution < 1.29 is 22.6 Å². The Hall–Kier alpha value is -3.94. The normalized spacial score (nSPS) is 14.5. The smallest absolute Gasteiger partial charge is 0.400 e. The van der Waals surface area contributed by atoms with Crippen molar-refractivity contribution in [3.8, 4) is 0 Å². The van der Waals surface area contributed by atoms with E-state index in [9.17, 15) is 23.3 Å². The largest absolute Gasteiger partial charge is 0.433 e. The number of hydrazone groups is 1. The minimum Gasteiger partial charge on any atom is -0.400 e. The van der Waals surface area contributed by atoms with Crippen LogP contribution in [0.25, 0.3) is 10.2 Å². The van der Waals surface area contributed by atoms with Crippen LogP contribution in [0.15, 0.2) is 69.0 Å². The number of carbonyl (C=O) groups excluding carboxylic acids is 1. The highest BCUT2D eigenvalue weighted by molar-refractivity contribution is 7.89. The number of thiazole rings is 1. The fourth-order valence-electron chi connectivity index (χ4n) is 3.89. The summed E-state index contributed by atoms with van der Waals surface area (Å²) in [5.74, 6) is -0.934. The summed E-state index contributed by atoms with van der Waals surface area (Å²) in [6.07, 6.45) is 2.83. The third-order valence-electron chi connectivity index (χ3n) is 5.80. The first-order chi connectivity index (χ1) is 17.7. The summed E-state index contributed by atoms with van der Waals surface area (Å²) in [5, 5.41) is 16.5. The molecular weight excluding hydrogens is 518 g/mol. The summed E-state index contributed by atoms with van der Waals surface area (Å²) in [4.78, 5) is 28.4. The number of benzene rings is 2. The molecule has 11 nitrogen and oxygen atoms in total.